The van der Waals surface area contributed by atoms with E-state index in [9.17, 15) is 17.2 Å². The average Bonchev–Trinajstić information content (AvgIpc) is 3.61. The highest BCUT2D eigenvalue weighted by Gasteiger charge is 2.21. The van der Waals surface area contributed by atoms with Gasteiger partial charge in [0.2, 0.25) is 10.0 Å². The molecule has 0 unspecified atom stereocenters. The first kappa shape index (κ1) is 24.1. The first-order chi connectivity index (χ1) is 16.2. The van der Waals surface area contributed by atoms with E-state index in [0.29, 0.717) is 29.5 Å². The van der Waals surface area contributed by atoms with Crippen molar-refractivity contribution in [2.75, 3.05) is 22.8 Å². The lowest BCUT2D eigenvalue weighted by atomic mass is 10.1. The van der Waals surface area contributed by atoms with Crippen molar-refractivity contribution in [3.05, 3.63) is 64.8 Å². The topological polar surface area (TPSA) is 119 Å². The lowest BCUT2D eigenvalue weighted by Gasteiger charge is -2.12. The average molecular weight is 510 g/mol. The summed E-state index contributed by atoms with van der Waals surface area (Å²) in [4.78, 5) is 8.34. The van der Waals surface area contributed by atoms with Crippen LogP contribution in [0.15, 0.2) is 42.6 Å². The maximum absolute atomic E-state index is 14.0. The molecule has 0 radical (unpaired) electrons. The second-order valence-corrected chi connectivity index (χ2v) is 10.0. The number of nitrogens with two attached hydrogens (primary N) is 1. The molecule has 1 aromatic heterocycles. The molecule has 1 aliphatic carbocycles. The highest BCUT2D eigenvalue weighted by atomic mass is 35.5. The van der Waals surface area contributed by atoms with Crippen LogP contribution < -0.4 is 20.5 Å². The third kappa shape index (κ3) is 6.10. The van der Waals surface area contributed by atoms with Crippen LogP contribution in [-0.4, -0.2) is 36.7 Å². The van der Waals surface area contributed by atoms with Gasteiger partial charge in [0.15, 0.2) is 5.82 Å². The molecule has 1 saturated carbocycles. The van der Waals surface area contributed by atoms with Gasteiger partial charge in [-0.2, -0.15) is 0 Å². The van der Waals surface area contributed by atoms with Gasteiger partial charge >= 0.3 is 0 Å². The molecule has 0 atom stereocenters. The highest BCUT2D eigenvalue weighted by Crippen LogP contribution is 2.28. The van der Waals surface area contributed by atoms with Gasteiger partial charge in [0.1, 0.15) is 18.2 Å². The van der Waals surface area contributed by atoms with Gasteiger partial charge < -0.3 is 15.8 Å². The van der Waals surface area contributed by atoms with Crippen LogP contribution in [0.1, 0.15) is 18.4 Å². The first-order valence-corrected chi connectivity index (χ1v) is 12.5. The zero-order valence-corrected chi connectivity index (χ0v) is 19.5. The minimum absolute atomic E-state index is 0.0490. The number of sulfonamides is 1. The molecule has 1 fully saturated rings. The molecule has 34 heavy (non-hydrogen) atoms. The fraction of sp³-hybridized carbons (Fsp3) is 0.273. The molecule has 4 N–H and O–H groups in total. The predicted molar refractivity (Wildman–Crippen MR) is 126 cm³/mol. The zero-order chi connectivity index (χ0) is 24.3. The van der Waals surface area contributed by atoms with E-state index in [1.807, 2.05) is 0 Å². The van der Waals surface area contributed by atoms with Crippen molar-refractivity contribution < 1.29 is 21.9 Å². The van der Waals surface area contributed by atoms with E-state index in [2.05, 4.69) is 20.0 Å². The fourth-order valence-electron chi connectivity index (χ4n) is 3.13. The molecule has 0 saturated heterocycles. The monoisotopic (exact) mass is 509 g/mol. The molecule has 4 rings (SSSR count). The number of hydrogen-bond acceptors (Lipinski definition) is 7. The number of ether oxygens (including phenoxy) is 1. The lowest BCUT2D eigenvalue weighted by Crippen LogP contribution is -2.28. The largest absolute Gasteiger partial charge is 0.470 e. The van der Waals surface area contributed by atoms with E-state index < -0.39 is 33.3 Å². The van der Waals surface area contributed by atoms with Crippen LogP contribution in [-0.2, 0) is 16.6 Å². The van der Waals surface area contributed by atoms with Crippen LogP contribution in [0.2, 0.25) is 5.02 Å². The van der Waals surface area contributed by atoms with E-state index in [4.69, 9.17) is 22.1 Å². The Morgan fingerprint density at radius 1 is 1.18 bits per heavy atom. The quantitative estimate of drug-likeness (QED) is 0.356. The van der Waals surface area contributed by atoms with Crippen LogP contribution in [0.25, 0.3) is 11.3 Å². The van der Waals surface area contributed by atoms with Crippen LogP contribution in [0.5, 0.6) is 5.88 Å². The van der Waals surface area contributed by atoms with Crippen LogP contribution in [0.4, 0.5) is 20.3 Å². The molecule has 0 spiro atoms. The highest BCUT2D eigenvalue weighted by molar-refractivity contribution is 7.92. The van der Waals surface area contributed by atoms with Crippen molar-refractivity contribution in [3.8, 4) is 17.1 Å². The van der Waals surface area contributed by atoms with Gasteiger partial charge in [0.05, 0.1) is 22.7 Å². The van der Waals surface area contributed by atoms with Crippen LogP contribution in [0, 0.1) is 11.6 Å². The van der Waals surface area contributed by atoms with Crippen molar-refractivity contribution in [2.24, 2.45) is 0 Å². The van der Waals surface area contributed by atoms with E-state index in [1.54, 1.807) is 24.3 Å². The molecule has 180 valence electrons. The van der Waals surface area contributed by atoms with Gasteiger partial charge in [-0.25, -0.2) is 27.2 Å². The summed E-state index contributed by atoms with van der Waals surface area (Å²) in [6.45, 7) is -0.0424. The fourth-order valence-corrected chi connectivity index (χ4v) is 4.31. The summed E-state index contributed by atoms with van der Waals surface area (Å²) in [5.41, 5.74) is 6.89. The van der Waals surface area contributed by atoms with Crippen LogP contribution in [0.3, 0.4) is 0 Å². The third-order valence-electron chi connectivity index (χ3n) is 5.07. The summed E-state index contributed by atoms with van der Waals surface area (Å²) in [6, 6.07) is 8.87. The Kier molecular flexibility index (Phi) is 7.15. The summed E-state index contributed by atoms with van der Waals surface area (Å²) in [5.74, 6) is -1.73. The Hall–Kier alpha value is -3.02. The number of nitrogens with one attached hydrogen (secondary N) is 2. The number of anilines is 2. The smallest absolute Gasteiger partial charge is 0.258 e. The Morgan fingerprint density at radius 2 is 1.94 bits per heavy atom. The van der Waals surface area contributed by atoms with E-state index in [-0.39, 0.29) is 23.0 Å². The van der Waals surface area contributed by atoms with Gasteiger partial charge in [-0.15, -0.1) is 0 Å². The molecular formula is C22H22ClF2N5O3S. The second-order valence-electron chi connectivity index (χ2n) is 7.79. The Balaban J connectivity index is 1.48. The normalized spacial score (nSPS) is 13.6. The van der Waals surface area contributed by atoms with Gasteiger partial charge in [-0.1, -0.05) is 23.7 Å². The van der Waals surface area contributed by atoms with E-state index >= 15 is 0 Å². The zero-order valence-electron chi connectivity index (χ0n) is 17.9. The number of halogens is 3. The molecule has 8 nitrogen and oxygen atoms in total. The molecular weight excluding hydrogens is 488 g/mol. The van der Waals surface area contributed by atoms with Crippen LogP contribution >= 0.6 is 11.6 Å². The summed E-state index contributed by atoms with van der Waals surface area (Å²) >= 11 is 5.83. The Bertz CT molecular complexity index is 1310. The number of hydrogen-bond donors (Lipinski definition) is 3. The summed E-state index contributed by atoms with van der Waals surface area (Å²) < 4.78 is 60.4. The molecule has 2 aromatic carbocycles. The molecule has 0 bridgehead atoms. The van der Waals surface area contributed by atoms with Gasteiger partial charge in [-0.3, -0.25) is 4.72 Å². The standard InChI is InChI=1S/C22H22ClF2N5O3S/c23-20-16(17(24)6-7-18(20)25)12-33-22-21(26)28-11-19(29-22)13-2-1-3-15(10-13)30-34(31,32)9-8-27-14-4-5-14/h1-3,6-7,10-11,14,27,30H,4-5,8-9,12H2,(H2,26,28). The maximum atomic E-state index is 14.0. The van der Waals surface area contributed by atoms with Crippen molar-refractivity contribution >= 4 is 33.1 Å². The van der Waals surface area contributed by atoms with Crippen molar-refractivity contribution in [2.45, 2.75) is 25.5 Å². The first-order valence-electron chi connectivity index (χ1n) is 10.4. The number of nitrogens with zero attached hydrogens (tertiary/aromatic N) is 2. The number of nitrogen functional groups attached to an aromatic ring is 1. The molecule has 12 heteroatoms. The van der Waals surface area contributed by atoms with Gasteiger partial charge in [0, 0.05) is 29.4 Å². The Labute approximate surface area is 200 Å². The predicted octanol–water partition coefficient (Wildman–Crippen LogP) is 3.73. The van der Waals surface area contributed by atoms with E-state index in [0.717, 1.165) is 25.0 Å². The number of benzene rings is 2. The van der Waals surface area contributed by atoms with Gasteiger partial charge in [0.25, 0.3) is 5.88 Å². The molecule has 1 aliphatic rings. The van der Waals surface area contributed by atoms with Crippen molar-refractivity contribution in [1.29, 1.82) is 0 Å². The number of rotatable bonds is 10. The molecule has 0 amide bonds. The van der Waals surface area contributed by atoms with E-state index in [1.165, 1.54) is 6.20 Å². The Morgan fingerprint density at radius 3 is 2.71 bits per heavy atom. The third-order valence-corrected chi connectivity index (χ3v) is 6.77. The SMILES string of the molecule is Nc1ncc(-c2cccc(NS(=O)(=O)CCNC3CC3)c2)nc1OCc1c(F)ccc(F)c1Cl. The summed E-state index contributed by atoms with van der Waals surface area (Å²) in [5, 5.41) is 2.77. The molecule has 3 aromatic rings. The minimum Gasteiger partial charge on any atom is -0.470 e. The van der Waals surface area contributed by atoms with Gasteiger partial charge in [-0.05, 0) is 37.1 Å². The number of aromatic nitrogens is 2. The lowest BCUT2D eigenvalue weighted by molar-refractivity contribution is 0.288. The second kappa shape index (κ2) is 10.1. The maximum Gasteiger partial charge on any atom is 0.258 e. The minimum atomic E-state index is -3.54. The summed E-state index contributed by atoms with van der Waals surface area (Å²) in [7, 11) is -3.54. The molecule has 1 heterocycles. The van der Waals surface area contributed by atoms with Crippen molar-refractivity contribution in [1.82, 2.24) is 15.3 Å². The molecule has 0 aliphatic heterocycles. The summed E-state index contributed by atoms with van der Waals surface area (Å²) in [6.07, 6.45) is 3.55. The van der Waals surface area contributed by atoms with Crippen molar-refractivity contribution in [3.63, 3.8) is 0 Å².